The molecule has 0 fully saturated rings. The summed E-state index contributed by atoms with van der Waals surface area (Å²) in [7, 11) is 0. The van der Waals surface area contributed by atoms with Crippen LogP contribution < -0.4 is 0 Å². The van der Waals surface area contributed by atoms with E-state index in [1.165, 1.54) is 51.4 Å². The van der Waals surface area contributed by atoms with Gasteiger partial charge in [-0.15, -0.1) is 0 Å². The minimum absolute atomic E-state index is 0.479. The van der Waals surface area contributed by atoms with Crippen molar-refractivity contribution in [2.75, 3.05) is 6.16 Å². The van der Waals surface area contributed by atoms with Gasteiger partial charge in [0, 0.05) is 6.16 Å². The molecule has 0 spiro atoms. The van der Waals surface area contributed by atoms with Gasteiger partial charge in [-0.25, -0.2) is 0 Å². The maximum absolute atomic E-state index is 11.0. The molecule has 0 amide bonds. The van der Waals surface area contributed by atoms with E-state index in [9.17, 15) is 4.57 Å². The molecule has 0 N–H and O–H groups in total. The summed E-state index contributed by atoms with van der Waals surface area (Å²) in [5.74, 6) is -2.80. The van der Waals surface area contributed by atoms with E-state index in [1.54, 1.807) is 0 Å². The third kappa shape index (κ3) is 14.8. The van der Waals surface area contributed by atoms with Crippen molar-refractivity contribution >= 4 is 28.3 Å². The fourth-order valence-electron chi connectivity index (χ4n) is 1.78. The minimum atomic E-state index is -2.80. The molecule has 0 aromatic heterocycles. The number of hydrogen-bond donors (Lipinski definition) is 0. The Balaban J connectivity index is 3.02. The molecule has 0 atom stereocenters. The Morgan fingerprint density at radius 2 is 1.12 bits per heavy atom. The number of rotatable bonds is 11. The Kier molecular flexibility index (Phi) is 11.5. The van der Waals surface area contributed by atoms with Crippen molar-refractivity contribution in [2.24, 2.45) is 0 Å². The van der Waals surface area contributed by atoms with Gasteiger partial charge in [0.15, 0.2) is 0 Å². The molecule has 0 heterocycles. The summed E-state index contributed by atoms with van der Waals surface area (Å²) >= 11 is 10.9. The highest BCUT2D eigenvalue weighted by molar-refractivity contribution is 8.08. The summed E-state index contributed by atoms with van der Waals surface area (Å²) in [6.07, 6.45) is 13.2. The Hall–Kier alpha value is 0.810. The zero-order valence-corrected chi connectivity index (χ0v) is 12.8. The zero-order chi connectivity index (χ0) is 12.3. The van der Waals surface area contributed by atoms with Gasteiger partial charge in [0.05, 0.1) is 0 Å². The lowest BCUT2D eigenvalue weighted by Gasteiger charge is -2.03. The van der Waals surface area contributed by atoms with E-state index in [0.29, 0.717) is 6.16 Å². The van der Waals surface area contributed by atoms with Crippen LogP contribution in [0.2, 0.25) is 0 Å². The Labute approximate surface area is 110 Å². The molecule has 0 rings (SSSR count). The van der Waals surface area contributed by atoms with Crippen LogP contribution in [0.25, 0.3) is 0 Å². The third-order valence-electron chi connectivity index (χ3n) is 2.77. The van der Waals surface area contributed by atoms with E-state index in [1.807, 2.05) is 0 Å². The van der Waals surface area contributed by atoms with E-state index in [0.717, 1.165) is 12.8 Å². The molecule has 0 bridgehead atoms. The van der Waals surface area contributed by atoms with Gasteiger partial charge in [-0.05, 0) is 28.9 Å². The molecule has 1 nitrogen and oxygen atoms in total. The van der Waals surface area contributed by atoms with Crippen molar-refractivity contribution in [3.63, 3.8) is 0 Å². The summed E-state index contributed by atoms with van der Waals surface area (Å²) in [5.41, 5.74) is 0. The highest BCUT2D eigenvalue weighted by Gasteiger charge is 2.11. The molecule has 0 radical (unpaired) electrons. The van der Waals surface area contributed by atoms with E-state index >= 15 is 0 Å². The van der Waals surface area contributed by atoms with Gasteiger partial charge in [-0.1, -0.05) is 64.7 Å². The largest absolute Gasteiger partial charge is 0.289 e. The summed E-state index contributed by atoms with van der Waals surface area (Å²) in [4.78, 5) is 0. The second-order valence-corrected chi connectivity index (χ2v) is 9.86. The van der Waals surface area contributed by atoms with Gasteiger partial charge in [0.2, 0.25) is 0 Å². The number of hydrogen-bond acceptors (Lipinski definition) is 1. The van der Waals surface area contributed by atoms with Crippen LogP contribution in [0.3, 0.4) is 0 Å². The normalized spacial score (nSPS) is 11.9. The smallest absolute Gasteiger partial charge is 0.253 e. The molecule has 98 valence electrons. The molecule has 16 heavy (non-hydrogen) atoms. The summed E-state index contributed by atoms with van der Waals surface area (Å²) < 4.78 is 11.0. The lowest BCUT2D eigenvalue weighted by Crippen LogP contribution is -1.83. The highest BCUT2D eigenvalue weighted by Crippen LogP contribution is 2.57. The lowest BCUT2D eigenvalue weighted by molar-refractivity contribution is 0.559. The van der Waals surface area contributed by atoms with Crippen LogP contribution in [-0.4, -0.2) is 6.16 Å². The fourth-order valence-corrected chi connectivity index (χ4v) is 3.09. The van der Waals surface area contributed by atoms with Crippen LogP contribution in [0.15, 0.2) is 0 Å². The maximum Gasteiger partial charge on any atom is 0.253 e. The van der Waals surface area contributed by atoms with Gasteiger partial charge in [0.1, 0.15) is 0 Å². The molecule has 0 aromatic rings. The van der Waals surface area contributed by atoms with Crippen LogP contribution in [0, 0.1) is 0 Å². The molecule has 0 aromatic carbocycles. The van der Waals surface area contributed by atoms with Gasteiger partial charge in [0.25, 0.3) is 5.85 Å². The first-order chi connectivity index (χ1) is 7.56. The van der Waals surface area contributed by atoms with Crippen molar-refractivity contribution in [3.05, 3.63) is 0 Å². The Morgan fingerprint density at radius 3 is 1.50 bits per heavy atom. The Bertz CT molecular complexity index is 191. The molecule has 0 saturated heterocycles. The van der Waals surface area contributed by atoms with Crippen LogP contribution >= 0.6 is 28.3 Å². The number of halogens is 2. The van der Waals surface area contributed by atoms with Crippen LogP contribution in [0.5, 0.6) is 0 Å². The highest BCUT2D eigenvalue weighted by atomic mass is 35.9. The second kappa shape index (κ2) is 10.9. The molecule has 0 saturated carbocycles. The fraction of sp³-hybridized carbons (Fsp3) is 1.00. The molecule has 0 aliphatic heterocycles. The van der Waals surface area contributed by atoms with Crippen LogP contribution in [-0.2, 0) is 4.57 Å². The van der Waals surface area contributed by atoms with Crippen LogP contribution in [0.1, 0.15) is 71.1 Å². The standard InChI is InChI=1S/C12H25Cl2OP/c1-2-3-4-5-6-7-8-9-10-11-12-16(13,14)15/h2-12H2,1H3. The molecule has 4 heteroatoms. The van der Waals surface area contributed by atoms with E-state index in [2.05, 4.69) is 6.92 Å². The van der Waals surface area contributed by atoms with E-state index in [4.69, 9.17) is 22.5 Å². The molecule has 0 unspecified atom stereocenters. The third-order valence-corrected chi connectivity index (χ3v) is 4.62. The quantitative estimate of drug-likeness (QED) is 0.310. The second-order valence-electron chi connectivity index (χ2n) is 4.48. The molecule has 0 aliphatic rings. The van der Waals surface area contributed by atoms with Crippen molar-refractivity contribution in [1.29, 1.82) is 0 Å². The molecular formula is C12H25Cl2OP. The maximum atomic E-state index is 11.0. The average Bonchev–Trinajstić information content (AvgIpc) is 2.19. The summed E-state index contributed by atoms with van der Waals surface area (Å²) in [6.45, 7) is 2.24. The van der Waals surface area contributed by atoms with Gasteiger partial charge < -0.3 is 0 Å². The lowest BCUT2D eigenvalue weighted by atomic mass is 10.1. The molecular weight excluding hydrogens is 262 g/mol. The van der Waals surface area contributed by atoms with Crippen LogP contribution in [0.4, 0.5) is 0 Å². The van der Waals surface area contributed by atoms with Gasteiger partial charge in [-0.2, -0.15) is 0 Å². The zero-order valence-electron chi connectivity index (χ0n) is 10.4. The predicted octanol–water partition coefficient (Wildman–Crippen LogP) is 6.58. The van der Waals surface area contributed by atoms with Gasteiger partial charge in [-0.3, -0.25) is 4.57 Å². The van der Waals surface area contributed by atoms with Crippen molar-refractivity contribution in [2.45, 2.75) is 71.1 Å². The van der Waals surface area contributed by atoms with E-state index in [-0.39, 0.29) is 0 Å². The first kappa shape index (κ1) is 16.8. The SMILES string of the molecule is CCCCCCCCCCCCP(=O)(Cl)Cl. The molecule has 0 aliphatic carbocycles. The first-order valence-corrected chi connectivity index (χ1v) is 10.2. The summed E-state index contributed by atoms with van der Waals surface area (Å²) in [5, 5.41) is 0. The van der Waals surface area contributed by atoms with Crippen molar-refractivity contribution in [3.8, 4) is 0 Å². The van der Waals surface area contributed by atoms with Crippen molar-refractivity contribution < 1.29 is 4.57 Å². The van der Waals surface area contributed by atoms with Gasteiger partial charge >= 0.3 is 0 Å². The Morgan fingerprint density at radius 1 is 0.750 bits per heavy atom. The topological polar surface area (TPSA) is 17.1 Å². The predicted molar refractivity (Wildman–Crippen MR) is 76.0 cm³/mol. The monoisotopic (exact) mass is 286 g/mol. The van der Waals surface area contributed by atoms with Crippen molar-refractivity contribution in [1.82, 2.24) is 0 Å². The first-order valence-electron chi connectivity index (χ1n) is 6.54. The summed E-state index contributed by atoms with van der Waals surface area (Å²) in [6, 6.07) is 0. The van der Waals surface area contributed by atoms with E-state index < -0.39 is 5.85 Å². The minimum Gasteiger partial charge on any atom is -0.289 e. The number of unbranched alkanes of at least 4 members (excludes halogenated alkanes) is 9. The average molecular weight is 287 g/mol.